The first-order valence-corrected chi connectivity index (χ1v) is 6.50. The Morgan fingerprint density at radius 3 is 2.45 bits per heavy atom. The SMILES string of the molecule is O=C(NCc1ccc(-c2ccco2)o1)c1c(F)cccc1F. The molecule has 0 bridgehead atoms. The van der Waals surface area contributed by atoms with Gasteiger partial charge >= 0.3 is 0 Å². The maximum atomic E-state index is 13.5. The zero-order chi connectivity index (χ0) is 15.5. The normalized spacial score (nSPS) is 10.6. The summed E-state index contributed by atoms with van der Waals surface area (Å²) < 4.78 is 37.6. The van der Waals surface area contributed by atoms with E-state index in [0.717, 1.165) is 12.1 Å². The van der Waals surface area contributed by atoms with E-state index in [1.54, 1.807) is 24.3 Å². The second-order valence-corrected chi connectivity index (χ2v) is 4.52. The highest BCUT2D eigenvalue weighted by Crippen LogP contribution is 2.22. The Kier molecular flexibility index (Phi) is 3.74. The highest BCUT2D eigenvalue weighted by Gasteiger charge is 2.17. The van der Waals surface area contributed by atoms with Gasteiger partial charge in [-0.15, -0.1) is 0 Å². The van der Waals surface area contributed by atoms with Gasteiger partial charge in [-0.2, -0.15) is 0 Å². The molecule has 4 nitrogen and oxygen atoms in total. The molecule has 0 aliphatic heterocycles. The van der Waals surface area contributed by atoms with Gasteiger partial charge in [-0.1, -0.05) is 6.07 Å². The van der Waals surface area contributed by atoms with Gasteiger partial charge in [0.1, 0.15) is 23.0 Å². The van der Waals surface area contributed by atoms with Gasteiger partial charge in [0.15, 0.2) is 11.5 Å². The molecular formula is C16H11F2NO3. The summed E-state index contributed by atoms with van der Waals surface area (Å²) >= 11 is 0. The molecule has 0 saturated carbocycles. The zero-order valence-corrected chi connectivity index (χ0v) is 11.3. The summed E-state index contributed by atoms with van der Waals surface area (Å²) in [5.74, 6) is -1.16. The van der Waals surface area contributed by atoms with Crippen LogP contribution < -0.4 is 5.32 Å². The topological polar surface area (TPSA) is 55.4 Å². The molecule has 0 fully saturated rings. The molecule has 1 amide bonds. The number of hydrogen-bond acceptors (Lipinski definition) is 3. The molecule has 1 aromatic carbocycles. The molecular weight excluding hydrogens is 292 g/mol. The lowest BCUT2D eigenvalue weighted by Crippen LogP contribution is -2.24. The second kappa shape index (κ2) is 5.85. The highest BCUT2D eigenvalue weighted by molar-refractivity contribution is 5.94. The molecule has 0 aliphatic rings. The molecule has 1 N–H and O–H groups in total. The average Bonchev–Trinajstić information content (AvgIpc) is 3.16. The molecule has 3 rings (SSSR count). The van der Waals surface area contributed by atoms with Crippen molar-refractivity contribution in [3.8, 4) is 11.5 Å². The summed E-state index contributed by atoms with van der Waals surface area (Å²) in [6, 6.07) is 10.0. The van der Waals surface area contributed by atoms with Crippen molar-refractivity contribution in [1.29, 1.82) is 0 Å². The standard InChI is InChI=1S/C16H11F2NO3/c17-11-3-1-4-12(18)15(11)16(20)19-9-10-6-7-14(22-10)13-5-2-8-21-13/h1-8H,9H2,(H,19,20). The Bertz CT molecular complexity index is 773. The smallest absolute Gasteiger partial charge is 0.257 e. The molecule has 2 heterocycles. The lowest BCUT2D eigenvalue weighted by Gasteiger charge is -2.05. The fourth-order valence-electron chi connectivity index (χ4n) is 1.99. The summed E-state index contributed by atoms with van der Waals surface area (Å²) in [6.07, 6.45) is 1.51. The lowest BCUT2D eigenvalue weighted by molar-refractivity contribution is 0.0939. The maximum absolute atomic E-state index is 13.5. The van der Waals surface area contributed by atoms with Crippen molar-refractivity contribution in [2.75, 3.05) is 0 Å². The van der Waals surface area contributed by atoms with Crippen LogP contribution in [0.1, 0.15) is 16.1 Å². The Morgan fingerprint density at radius 1 is 1.00 bits per heavy atom. The summed E-state index contributed by atoms with van der Waals surface area (Å²) in [5, 5.41) is 2.41. The van der Waals surface area contributed by atoms with E-state index in [2.05, 4.69) is 5.32 Å². The highest BCUT2D eigenvalue weighted by atomic mass is 19.1. The number of nitrogens with one attached hydrogen (secondary N) is 1. The Morgan fingerprint density at radius 2 is 1.77 bits per heavy atom. The van der Waals surface area contributed by atoms with Gasteiger partial charge in [-0.05, 0) is 36.4 Å². The van der Waals surface area contributed by atoms with Crippen molar-refractivity contribution in [2.24, 2.45) is 0 Å². The Labute approximate surface area is 124 Å². The number of hydrogen-bond donors (Lipinski definition) is 1. The number of benzene rings is 1. The molecule has 0 spiro atoms. The van der Waals surface area contributed by atoms with Gasteiger partial charge in [-0.3, -0.25) is 4.79 Å². The second-order valence-electron chi connectivity index (χ2n) is 4.52. The molecule has 6 heteroatoms. The van der Waals surface area contributed by atoms with Crippen LogP contribution >= 0.6 is 0 Å². The van der Waals surface area contributed by atoms with Crippen LogP contribution in [0.2, 0.25) is 0 Å². The fraction of sp³-hybridized carbons (Fsp3) is 0.0625. The summed E-state index contributed by atoms with van der Waals surface area (Å²) in [4.78, 5) is 11.8. The third kappa shape index (κ3) is 2.76. The third-order valence-corrected chi connectivity index (χ3v) is 3.04. The third-order valence-electron chi connectivity index (χ3n) is 3.04. The van der Waals surface area contributed by atoms with Gasteiger partial charge in [-0.25, -0.2) is 8.78 Å². The molecule has 22 heavy (non-hydrogen) atoms. The number of rotatable bonds is 4. The first-order valence-electron chi connectivity index (χ1n) is 6.50. The molecule has 112 valence electrons. The van der Waals surface area contributed by atoms with Crippen LogP contribution in [0.5, 0.6) is 0 Å². The zero-order valence-electron chi connectivity index (χ0n) is 11.3. The van der Waals surface area contributed by atoms with E-state index >= 15 is 0 Å². The Balaban J connectivity index is 1.69. The van der Waals surface area contributed by atoms with Crippen molar-refractivity contribution < 1.29 is 22.4 Å². The quantitative estimate of drug-likeness (QED) is 0.798. The minimum atomic E-state index is -0.909. The van der Waals surface area contributed by atoms with Gasteiger partial charge < -0.3 is 14.2 Å². The van der Waals surface area contributed by atoms with Crippen LogP contribution in [0, 0.1) is 11.6 Å². The minimum absolute atomic E-state index is 0.00726. The van der Waals surface area contributed by atoms with Crippen molar-refractivity contribution in [1.82, 2.24) is 5.32 Å². The monoisotopic (exact) mass is 303 g/mol. The molecule has 0 unspecified atom stereocenters. The number of halogens is 2. The van der Waals surface area contributed by atoms with Crippen LogP contribution in [0.4, 0.5) is 8.78 Å². The average molecular weight is 303 g/mol. The van der Waals surface area contributed by atoms with E-state index < -0.39 is 23.1 Å². The van der Waals surface area contributed by atoms with Crippen LogP contribution in [-0.2, 0) is 6.54 Å². The van der Waals surface area contributed by atoms with E-state index in [4.69, 9.17) is 8.83 Å². The van der Waals surface area contributed by atoms with Gasteiger partial charge in [0.2, 0.25) is 0 Å². The van der Waals surface area contributed by atoms with Crippen molar-refractivity contribution in [3.63, 3.8) is 0 Å². The summed E-state index contributed by atoms with van der Waals surface area (Å²) in [5.41, 5.74) is -0.611. The number of carbonyl (C=O) groups excluding carboxylic acids is 1. The number of furan rings is 2. The van der Waals surface area contributed by atoms with Gasteiger partial charge in [0.25, 0.3) is 5.91 Å². The number of amides is 1. The van der Waals surface area contributed by atoms with Crippen LogP contribution in [0.3, 0.4) is 0 Å². The van der Waals surface area contributed by atoms with Crippen LogP contribution in [0.25, 0.3) is 11.5 Å². The van der Waals surface area contributed by atoms with E-state index in [0.29, 0.717) is 17.3 Å². The largest absolute Gasteiger partial charge is 0.461 e. The molecule has 0 atom stereocenters. The predicted molar refractivity (Wildman–Crippen MR) is 73.9 cm³/mol. The molecule has 3 aromatic rings. The number of carbonyl (C=O) groups is 1. The summed E-state index contributed by atoms with van der Waals surface area (Å²) in [7, 11) is 0. The molecule has 0 aliphatic carbocycles. The molecule has 2 aromatic heterocycles. The van der Waals surface area contributed by atoms with Gasteiger partial charge in [0.05, 0.1) is 12.8 Å². The van der Waals surface area contributed by atoms with Gasteiger partial charge in [0, 0.05) is 0 Å². The van der Waals surface area contributed by atoms with E-state index in [-0.39, 0.29) is 6.54 Å². The van der Waals surface area contributed by atoms with E-state index in [9.17, 15) is 13.6 Å². The maximum Gasteiger partial charge on any atom is 0.257 e. The van der Waals surface area contributed by atoms with Crippen molar-refractivity contribution >= 4 is 5.91 Å². The van der Waals surface area contributed by atoms with Crippen LogP contribution in [0.15, 0.2) is 57.6 Å². The lowest BCUT2D eigenvalue weighted by atomic mass is 10.2. The predicted octanol–water partition coefficient (Wildman–Crippen LogP) is 3.75. The van der Waals surface area contributed by atoms with Crippen molar-refractivity contribution in [2.45, 2.75) is 6.54 Å². The molecule has 0 radical (unpaired) electrons. The fourth-order valence-corrected chi connectivity index (χ4v) is 1.99. The first kappa shape index (κ1) is 14.1. The summed E-state index contributed by atoms with van der Waals surface area (Å²) in [6.45, 7) is 0.00726. The minimum Gasteiger partial charge on any atom is -0.461 e. The van der Waals surface area contributed by atoms with E-state index in [1.807, 2.05) is 0 Å². The first-order chi connectivity index (χ1) is 10.6. The Hall–Kier alpha value is -2.89. The molecule has 0 saturated heterocycles. The van der Waals surface area contributed by atoms with Crippen molar-refractivity contribution in [3.05, 3.63) is 71.7 Å². The van der Waals surface area contributed by atoms with E-state index in [1.165, 1.54) is 12.3 Å². The van der Waals surface area contributed by atoms with Crippen LogP contribution in [-0.4, -0.2) is 5.91 Å².